The molecule has 0 spiro atoms. The van der Waals surface area contributed by atoms with Crippen molar-refractivity contribution in [2.75, 3.05) is 19.6 Å². The highest BCUT2D eigenvalue weighted by Crippen LogP contribution is 2.52. The molecule has 4 aliphatic rings. The Balaban J connectivity index is 1.13. The Labute approximate surface area is 170 Å². The van der Waals surface area contributed by atoms with Gasteiger partial charge in [-0.3, -0.25) is 24.2 Å². The van der Waals surface area contributed by atoms with E-state index in [1.165, 1.54) is 36.4 Å². The van der Waals surface area contributed by atoms with E-state index in [1.54, 1.807) is 0 Å². The first-order valence-electron chi connectivity index (χ1n) is 10.7. The van der Waals surface area contributed by atoms with Crippen LogP contribution in [-0.2, 0) is 27.5 Å². The zero-order valence-corrected chi connectivity index (χ0v) is 16.5. The lowest BCUT2D eigenvalue weighted by molar-refractivity contribution is -0.144. The van der Waals surface area contributed by atoms with Crippen LogP contribution >= 0.6 is 0 Å². The Morgan fingerprint density at radius 1 is 0.931 bits per heavy atom. The van der Waals surface area contributed by atoms with Crippen LogP contribution in [-0.4, -0.2) is 47.2 Å². The van der Waals surface area contributed by atoms with E-state index in [2.05, 4.69) is 34.5 Å². The van der Waals surface area contributed by atoms with Crippen LogP contribution < -0.4 is 5.32 Å². The van der Waals surface area contributed by atoms with Crippen LogP contribution in [0.4, 0.5) is 0 Å². The van der Waals surface area contributed by atoms with Gasteiger partial charge in [-0.2, -0.15) is 0 Å². The number of hydrogen-bond acceptors (Lipinski definition) is 4. The van der Waals surface area contributed by atoms with Gasteiger partial charge in [0.05, 0.1) is 11.8 Å². The fourth-order valence-electron chi connectivity index (χ4n) is 5.48. The van der Waals surface area contributed by atoms with Crippen molar-refractivity contribution in [1.29, 1.82) is 0 Å². The number of rotatable bonds is 6. The van der Waals surface area contributed by atoms with Gasteiger partial charge in [-0.05, 0) is 55.3 Å². The summed E-state index contributed by atoms with van der Waals surface area (Å²) in [6.07, 6.45) is 7.60. The average Bonchev–Trinajstić information content (AvgIpc) is 3.50. The van der Waals surface area contributed by atoms with Crippen molar-refractivity contribution in [3.63, 3.8) is 0 Å². The molecule has 3 amide bonds. The van der Waals surface area contributed by atoms with Crippen LogP contribution in [0.1, 0.15) is 30.4 Å². The molecule has 29 heavy (non-hydrogen) atoms. The van der Waals surface area contributed by atoms with Crippen LogP contribution in [0.5, 0.6) is 0 Å². The Hall–Kier alpha value is -2.47. The quantitative estimate of drug-likeness (QED) is 0.590. The third-order valence-corrected chi connectivity index (χ3v) is 6.98. The molecule has 6 heteroatoms. The summed E-state index contributed by atoms with van der Waals surface area (Å²) in [4.78, 5) is 41.3. The second-order valence-corrected chi connectivity index (χ2v) is 8.84. The summed E-state index contributed by atoms with van der Waals surface area (Å²) in [6.45, 7) is 3.55. The lowest BCUT2D eigenvalue weighted by Gasteiger charge is -2.17. The number of imide groups is 1. The highest BCUT2D eigenvalue weighted by Gasteiger charge is 2.59. The monoisotopic (exact) mass is 393 g/mol. The SMILES string of the molecule is O=C(CN1C(=O)C2C3C=CC(C3)C2C1=O)NCc1ccc(CN2CCCC2)cc1. The largest absolute Gasteiger partial charge is 0.350 e. The third kappa shape index (κ3) is 3.39. The molecule has 1 N–H and O–H groups in total. The van der Waals surface area contributed by atoms with Crippen LogP contribution in [0.25, 0.3) is 0 Å². The first kappa shape index (κ1) is 18.6. The Morgan fingerprint density at radius 2 is 1.52 bits per heavy atom. The lowest BCUT2D eigenvalue weighted by Crippen LogP contribution is -2.41. The molecule has 2 heterocycles. The van der Waals surface area contributed by atoms with Gasteiger partial charge < -0.3 is 5.32 Å². The summed E-state index contributed by atoms with van der Waals surface area (Å²) >= 11 is 0. The first-order valence-corrected chi connectivity index (χ1v) is 10.7. The van der Waals surface area contributed by atoms with Crippen molar-refractivity contribution in [2.45, 2.75) is 32.4 Å². The molecular weight excluding hydrogens is 366 g/mol. The maximum atomic E-state index is 12.7. The van der Waals surface area contributed by atoms with Gasteiger partial charge in [-0.15, -0.1) is 0 Å². The van der Waals surface area contributed by atoms with Gasteiger partial charge in [0.1, 0.15) is 6.54 Å². The van der Waals surface area contributed by atoms with E-state index in [-0.39, 0.29) is 47.9 Å². The van der Waals surface area contributed by atoms with Crippen molar-refractivity contribution in [1.82, 2.24) is 15.1 Å². The van der Waals surface area contributed by atoms with Crippen LogP contribution in [0.3, 0.4) is 0 Å². The number of carbonyl (C=O) groups is 3. The fraction of sp³-hybridized carbons (Fsp3) is 0.522. The molecule has 1 aromatic carbocycles. The van der Waals surface area contributed by atoms with E-state index in [9.17, 15) is 14.4 Å². The molecule has 0 aromatic heterocycles. The summed E-state index contributed by atoms with van der Waals surface area (Å²) in [5.41, 5.74) is 2.30. The number of carbonyl (C=O) groups excluding carboxylic acids is 3. The standard InChI is InChI=1S/C23H27N3O3/c27-19(14-26-22(28)20-17-7-8-18(11-17)21(20)23(26)29)24-12-15-3-5-16(6-4-15)13-25-9-1-2-10-25/h3-8,17-18,20-21H,1-2,9-14H2,(H,24,27). The van der Waals surface area contributed by atoms with Crippen molar-refractivity contribution >= 4 is 17.7 Å². The smallest absolute Gasteiger partial charge is 0.240 e. The number of likely N-dealkylation sites (tertiary alicyclic amines) is 2. The molecule has 2 aliphatic heterocycles. The minimum atomic E-state index is -0.284. The highest BCUT2D eigenvalue weighted by molar-refractivity contribution is 6.08. The minimum Gasteiger partial charge on any atom is -0.350 e. The molecule has 5 rings (SSSR count). The van der Waals surface area contributed by atoms with Crippen molar-refractivity contribution in [3.8, 4) is 0 Å². The molecule has 4 unspecified atom stereocenters. The van der Waals surface area contributed by atoms with Crippen LogP contribution in [0, 0.1) is 23.7 Å². The molecule has 6 nitrogen and oxygen atoms in total. The number of hydrogen-bond donors (Lipinski definition) is 1. The third-order valence-electron chi connectivity index (χ3n) is 6.98. The molecule has 0 radical (unpaired) electrons. The topological polar surface area (TPSA) is 69.7 Å². The number of allylic oxidation sites excluding steroid dienone is 2. The maximum absolute atomic E-state index is 12.7. The average molecular weight is 393 g/mol. The molecule has 1 aromatic rings. The lowest BCUT2D eigenvalue weighted by atomic mass is 9.85. The van der Waals surface area contributed by atoms with Gasteiger partial charge in [0, 0.05) is 13.1 Å². The van der Waals surface area contributed by atoms with Gasteiger partial charge >= 0.3 is 0 Å². The van der Waals surface area contributed by atoms with Gasteiger partial charge in [-0.1, -0.05) is 36.4 Å². The van der Waals surface area contributed by atoms with E-state index >= 15 is 0 Å². The molecule has 2 bridgehead atoms. The molecule has 152 valence electrons. The summed E-state index contributed by atoms with van der Waals surface area (Å²) in [5, 5.41) is 2.85. The van der Waals surface area contributed by atoms with E-state index in [0.717, 1.165) is 18.5 Å². The minimum absolute atomic E-state index is 0.168. The van der Waals surface area contributed by atoms with E-state index < -0.39 is 0 Å². The number of nitrogens with one attached hydrogen (secondary N) is 1. The van der Waals surface area contributed by atoms with Crippen molar-refractivity contribution in [2.24, 2.45) is 23.7 Å². The normalized spacial score (nSPS) is 30.4. The zero-order valence-electron chi connectivity index (χ0n) is 16.5. The van der Waals surface area contributed by atoms with Crippen molar-refractivity contribution < 1.29 is 14.4 Å². The molecule has 4 atom stereocenters. The molecule has 2 aliphatic carbocycles. The predicted molar refractivity (Wildman–Crippen MR) is 107 cm³/mol. The first-order chi connectivity index (χ1) is 14.1. The van der Waals surface area contributed by atoms with E-state index in [1.807, 2.05) is 12.1 Å². The van der Waals surface area contributed by atoms with Crippen LogP contribution in [0.15, 0.2) is 36.4 Å². The molecular formula is C23H27N3O3. The summed E-state index contributed by atoms with van der Waals surface area (Å²) in [5.74, 6) is -0.756. The van der Waals surface area contributed by atoms with E-state index in [0.29, 0.717) is 6.54 Å². The molecule has 3 fully saturated rings. The molecule has 2 saturated heterocycles. The second-order valence-electron chi connectivity index (χ2n) is 8.84. The van der Waals surface area contributed by atoms with Crippen LogP contribution in [0.2, 0.25) is 0 Å². The highest BCUT2D eigenvalue weighted by atomic mass is 16.2. The van der Waals surface area contributed by atoms with Crippen molar-refractivity contribution in [3.05, 3.63) is 47.5 Å². The second kappa shape index (κ2) is 7.41. The summed E-state index contributed by atoms with van der Waals surface area (Å²) in [7, 11) is 0. The number of amides is 3. The van der Waals surface area contributed by atoms with Gasteiger partial charge in [-0.25, -0.2) is 0 Å². The number of nitrogens with zero attached hydrogens (tertiary/aromatic N) is 2. The van der Waals surface area contributed by atoms with Gasteiger partial charge in [0.2, 0.25) is 17.7 Å². The zero-order chi connectivity index (χ0) is 20.0. The number of benzene rings is 1. The van der Waals surface area contributed by atoms with Gasteiger partial charge in [0.15, 0.2) is 0 Å². The number of fused-ring (bicyclic) bond motifs is 5. The summed E-state index contributed by atoms with van der Waals surface area (Å²) < 4.78 is 0. The predicted octanol–water partition coefficient (Wildman–Crippen LogP) is 1.71. The summed E-state index contributed by atoms with van der Waals surface area (Å²) in [6, 6.07) is 8.28. The maximum Gasteiger partial charge on any atom is 0.240 e. The fourth-order valence-corrected chi connectivity index (χ4v) is 5.48. The van der Waals surface area contributed by atoms with Gasteiger partial charge in [0.25, 0.3) is 0 Å². The Kier molecular flexibility index (Phi) is 4.74. The van der Waals surface area contributed by atoms with E-state index in [4.69, 9.17) is 0 Å². The molecule has 1 saturated carbocycles. The Morgan fingerprint density at radius 3 is 2.14 bits per heavy atom. The Bertz CT molecular complexity index is 827.